The molecule has 0 bridgehead atoms. The van der Waals surface area contributed by atoms with Gasteiger partial charge in [0.1, 0.15) is 0 Å². The molecule has 84 valence electrons. The van der Waals surface area contributed by atoms with Crippen molar-refractivity contribution in [2.75, 3.05) is 5.75 Å². The highest BCUT2D eigenvalue weighted by Crippen LogP contribution is 2.22. The first-order valence-corrected chi connectivity index (χ1v) is 6.76. The molecular weight excluding hydrogens is 240 g/mol. The van der Waals surface area contributed by atoms with Gasteiger partial charge in [0.2, 0.25) is 5.91 Å². The van der Waals surface area contributed by atoms with Crippen molar-refractivity contribution in [3.8, 4) is 0 Å². The number of thioether (sulfide) groups is 1. The Kier molecular flexibility index (Phi) is 4.07. The molecule has 0 aliphatic carbocycles. The monoisotopic (exact) mass is 252 g/mol. The lowest BCUT2D eigenvalue weighted by atomic mass is 10.3. The van der Waals surface area contributed by atoms with E-state index in [1.54, 1.807) is 23.1 Å². The van der Waals surface area contributed by atoms with Crippen LogP contribution in [0.15, 0.2) is 40.2 Å². The van der Waals surface area contributed by atoms with E-state index in [0.717, 1.165) is 5.56 Å². The molecule has 2 heterocycles. The van der Waals surface area contributed by atoms with Crippen LogP contribution >= 0.6 is 23.1 Å². The van der Waals surface area contributed by atoms with Gasteiger partial charge in [-0.25, -0.2) is 0 Å². The van der Waals surface area contributed by atoms with E-state index in [1.807, 2.05) is 36.0 Å². The van der Waals surface area contributed by atoms with Crippen molar-refractivity contribution in [3.63, 3.8) is 0 Å². The van der Waals surface area contributed by atoms with Crippen LogP contribution in [-0.4, -0.2) is 16.6 Å². The normalized spacial score (nSPS) is 10.2. The molecule has 0 spiro atoms. The van der Waals surface area contributed by atoms with E-state index in [-0.39, 0.29) is 5.91 Å². The van der Waals surface area contributed by atoms with E-state index in [2.05, 4.69) is 10.3 Å². The molecular formula is C11H12N2OS2. The molecule has 0 radical (unpaired) electrons. The zero-order valence-electron chi connectivity index (χ0n) is 8.60. The maximum atomic E-state index is 11.5. The Labute approximate surface area is 102 Å². The number of hydrogen-bond donors (Lipinski definition) is 2. The quantitative estimate of drug-likeness (QED) is 0.803. The minimum Gasteiger partial charge on any atom is -0.367 e. The second-order valence-corrected chi connectivity index (χ2v) is 5.44. The topological polar surface area (TPSA) is 44.9 Å². The van der Waals surface area contributed by atoms with Gasteiger partial charge >= 0.3 is 0 Å². The van der Waals surface area contributed by atoms with Gasteiger partial charge in [0.25, 0.3) is 0 Å². The number of nitrogens with one attached hydrogen (secondary N) is 2. The van der Waals surface area contributed by atoms with Crippen molar-refractivity contribution in [2.24, 2.45) is 0 Å². The Bertz CT molecular complexity index is 383. The van der Waals surface area contributed by atoms with Gasteiger partial charge in [-0.1, -0.05) is 6.07 Å². The molecule has 2 aromatic heterocycles. The highest BCUT2D eigenvalue weighted by Gasteiger charge is 2.03. The molecule has 0 aliphatic rings. The van der Waals surface area contributed by atoms with E-state index in [9.17, 15) is 4.79 Å². The van der Waals surface area contributed by atoms with E-state index in [1.165, 1.54) is 4.21 Å². The van der Waals surface area contributed by atoms with Gasteiger partial charge in [0.15, 0.2) is 0 Å². The van der Waals surface area contributed by atoms with Crippen LogP contribution in [0.25, 0.3) is 0 Å². The maximum Gasteiger partial charge on any atom is 0.230 e. The zero-order valence-corrected chi connectivity index (χ0v) is 10.2. The van der Waals surface area contributed by atoms with Crippen LogP contribution in [0.1, 0.15) is 5.56 Å². The largest absolute Gasteiger partial charge is 0.367 e. The Morgan fingerprint density at radius 2 is 2.44 bits per heavy atom. The number of amides is 1. The van der Waals surface area contributed by atoms with E-state index < -0.39 is 0 Å². The summed E-state index contributed by atoms with van der Waals surface area (Å²) in [4.78, 5) is 14.4. The minimum absolute atomic E-state index is 0.0691. The standard InChI is InChI=1S/C11H12N2OS2/c14-10(8-16-11-2-1-5-15-11)13-7-9-3-4-12-6-9/h1-6,12H,7-8H2,(H,13,14). The molecule has 0 aromatic carbocycles. The fraction of sp³-hybridized carbons (Fsp3) is 0.182. The average Bonchev–Trinajstić information content (AvgIpc) is 2.96. The van der Waals surface area contributed by atoms with Crippen LogP contribution in [0.3, 0.4) is 0 Å². The highest BCUT2D eigenvalue weighted by atomic mass is 32.2. The number of carbonyl (C=O) groups is 1. The predicted octanol–water partition coefficient (Wildman–Crippen LogP) is 2.48. The fourth-order valence-electron chi connectivity index (χ4n) is 1.20. The molecule has 16 heavy (non-hydrogen) atoms. The van der Waals surface area contributed by atoms with Gasteiger partial charge in [0, 0.05) is 18.9 Å². The molecule has 0 saturated carbocycles. The molecule has 0 saturated heterocycles. The van der Waals surface area contributed by atoms with Crippen LogP contribution in [0.4, 0.5) is 0 Å². The van der Waals surface area contributed by atoms with Gasteiger partial charge in [-0.05, 0) is 23.1 Å². The molecule has 0 atom stereocenters. The molecule has 2 N–H and O–H groups in total. The minimum atomic E-state index is 0.0691. The third-order valence-corrected chi connectivity index (χ3v) is 4.12. The summed E-state index contributed by atoms with van der Waals surface area (Å²) in [5, 5.41) is 4.89. The summed E-state index contributed by atoms with van der Waals surface area (Å²) in [7, 11) is 0. The molecule has 2 rings (SSSR count). The third kappa shape index (κ3) is 3.43. The Hall–Kier alpha value is -1.20. The number of rotatable bonds is 5. The van der Waals surface area contributed by atoms with Gasteiger partial charge in [-0.15, -0.1) is 23.1 Å². The number of carbonyl (C=O) groups excluding carboxylic acids is 1. The van der Waals surface area contributed by atoms with Crippen molar-refractivity contribution in [1.82, 2.24) is 10.3 Å². The number of aromatic nitrogens is 1. The van der Waals surface area contributed by atoms with E-state index in [4.69, 9.17) is 0 Å². The second-order valence-electron chi connectivity index (χ2n) is 3.22. The summed E-state index contributed by atoms with van der Waals surface area (Å²) in [5.41, 5.74) is 1.09. The van der Waals surface area contributed by atoms with Crippen molar-refractivity contribution in [2.45, 2.75) is 10.8 Å². The Morgan fingerprint density at radius 3 is 3.12 bits per heavy atom. The lowest BCUT2D eigenvalue weighted by Gasteiger charge is -2.02. The Morgan fingerprint density at radius 1 is 1.50 bits per heavy atom. The summed E-state index contributed by atoms with van der Waals surface area (Å²) in [6.07, 6.45) is 3.73. The van der Waals surface area contributed by atoms with Crippen molar-refractivity contribution < 1.29 is 4.79 Å². The molecule has 1 amide bonds. The maximum absolute atomic E-state index is 11.5. The SMILES string of the molecule is O=C(CSc1cccs1)NCc1cc[nH]c1. The summed E-state index contributed by atoms with van der Waals surface area (Å²) in [6.45, 7) is 0.591. The summed E-state index contributed by atoms with van der Waals surface area (Å²) in [6, 6.07) is 5.96. The third-order valence-electron chi connectivity index (χ3n) is 1.99. The van der Waals surface area contributed by atoms with E-state index in [0.29, 0.717) is 12.3 Å². The first-order valence-electron chi connectivity index (χ1n) is 4.89. The van der Waals surface area contributed by atoms with Crippen molar-refractivity contribution >= 4 is 29.0 Å². The molecule has 0 aliphatic heterocycles. The summed E-state index contributed by atoms with van der Waals surface area (Å²) in [5.74, 6) is 0.546. The second kappa shape index (κ2) is 5.77. The number of aromatic amines is 1. The lowest BCUT2D eigenvalue weighted by Crippen LogP contribution is -2.24. The zero-order chi connectivity index (χ0) is 11.2. The van der Waals surface area contributed by atoms with Gasteiger partial charge in [-0.3, -0.25) is 4.79 Å². The van der Waals surface area contributed by atoms with Crippen LogP contribution < -0.4 is 5.32 Å². The number of H-pyrrole nitrogens is 1. The number of hydrogen-bond acceptors (Lipinski definition) is 3. The number of thiophene rings is 1. The summed E-state index contributed by atoms with van der Waals surface area (Å²) < 4.78 is 1.18. The molecule has 5 heteroatoms. The van der Waals surface area contributed by atoms with Crippen LogP contribution in [0.2, 0.25) is 0 Å². The average molecular weight is 252 g/mol. The molecule has 2 aromatic rings. The fourth-order valence-corrected chi connectivity index (χ4v) is 2.82. The van der Waals surface area contributed by atoms with E-state index >= 15 is 0 Å². The molecule has 0 unspecified atom stereocenters. The van der Waals surface area contributed by atoms with Gasteiger partial charge < -0.3 is 10.3 Å². The van der Waals surface area contributed by atoms with Crippen LogP contribution in [0.5, 0.6) is 0 Å². The molecule has 0 fully saturated rings. The van der Waals surface area contributed by atoms with Gasteiger partial charge in [0.05, 0.1) is 9.96 Å². The van der Waals surface area contributed by atoms with Crippen molar-refractivity contribution in [3.05, 3.63) is 41.5 Å². The first kappa shape index (κ1) is 11.3. The Balaban J connectivity index is 1.69. The smallest absolute Gasteiger partial charge is 0.230 e. The predicted molar refractivity (Wildman–Crippen MR) is 67.7 cm³/mol. The molecule has 3 nitrogen and oxygen atoms in total. The summed E-state index contributed by atoms with van der Waals surface area (Å²) >= 11 is 3.23. The highest BCUT2D eigenvalue weighted by molar-refractivity contribution is 8.01. The van der Waals surface area contributed by atoms with Crippen LogP contribution in [-0.2, 0) is 11.3 Å². The van der Waals surface area contributed by atoms with Gasteiger partial charge in [-0.2, -0.15) is 0 Å². The lowest BCUT2D eigenvalue weighted by molar-refractivity contribution is -0.118. The van der Waals surface area contributed by atoms with Crippen molar-refractivity contribution in [1.29, 1.82) is 0 Å². The van der Waals surface area contributed by atoms with Crippen LogP contribution in [0, 0.1) is 0 Å². The first-order chi connectivity index (χ1) is 7.84.